The Balaban J connectivity index is 0.00000338. The third kappa shape index (κ3) is 5.29. The number of amidine groups is 1. The van der Waals surface area contributed by atoms with Gasteiger partial charge in [0, 0.05) is 17.3 Å². The van der Waals surface area contributed by atoms with E-state index in [1.54, 1.807) is 30.3 Å². The van der Waals surface area contributed by atoms with E-state index in [4.69, 9.17) is 20.6 Å². The van der Waals surface area contributed by atoms with Crippen LogP contribution in [0.1, 0.15) is 24.1 Å². The largest absolute Gasteiger partial charge is 0.508 e. The molecule has 0 radical (unpaired) electrons. The monoisotopic (exact) mass is 379 g/mol. The molecule has 0 aliphatic carbocycles. The van der Waals surface area contributed by atoms with Crippen molar-refractivity contribution in [1.82, 2.24) is 0 Å². The molecular weight excluding hydrogens is 358 g/mol. The summed E-state index contributed by atoms with van der Waals surface area (Å²) >= 11 is 0. The number of carbonyl (C=O) groups is 1. The molecule has 0 saturated heterocycles. The summed E-state index contributed by atoms with van der Waals surface area (Å²) < 4.78 is 10.3. The fourth-order valence-electron chi connectivity index (χ4n) is 2.33. The van der Waals surface area contributed by atoms with Crippen molar-refractivity contribution >= 4 is 29.9 Å². The first-order valence-electron chi connectivity index (χ1n) is 7.70. The Morgan fingerprint density at radius 3 is 2.46 bits per heavy atom. The number of nitrogen functional groups attached to an aromatic ring is 1. The average Bonchev–Trinajstić information content (AvgIpc) is 2.59. The van der Waals surface area contributed by atoms with Crippen molar-refractivity contribution in [2.45, 2.75) is 13.0 Å². The molecule has 5 N–H and O–H groups in total. The highest BCUT2D eigenvalue weighted by atomic mass is 35.5. The van der Waals surface area contributed by atoms with Crippen molar-refractivity contribution in [2.75, 3.05) is 19.0 Å². The maximum absolute atomic E-state index is 12.2. The van der Waals surface area contributed by atoms with Gasteiger partial charge in [0.25, 0.3) is 0 Å². The van der Waals surface area contributed by atoms with E-state index in [0.29, 0.717) is 29.2 Å². The first kappa shape index (κ1) is 21.1. The van der Waals surface area contributed by atoms with Crippen LogP contribution in [0.2, 0.25) is 0 Å². The van der Waals surface area contributed by atoms with Gasteiger partial charge >= 0.3 is 5.97 Å². The van der Waals surface area contributed by atoms with Crippen molar-refractivity contribution in [2.24, 2.45) is 5.73 Å². The highest BCUT2D eigenvalue weighted by molar-refractivity contribution is 5.95. The zero-order valence-corrected chi connectivity index (χ0v) is 15.3. The van der Waals surface area contributed by atoms with Gasteiger partial charge in [0.1, 0.15) is 17.3 Å². The highest BCUT2D eigenvalue weighted by Gasteiger charge is 2.23. The molecule has 2 rings (SSSR count). The lowest BCUT2D eigenvalue weighted by Gasteiger charge is -2.19. The molecule has 0 spiro atoms. The van der Waals surface area contributed by atoms with Crippen LogP contribution in [0.5, 0.6) is 11.5 Å². The minimum Gasteiger partial charge on any atom is -0.508 e. The van der Waals surface area contributed by atoms with E-state index < -0.39 is 12.0 Å². The van der Waals surface area contributed by atoms with Gasteiger partial charge in [0.15, 0.2) is 6.04 Å². The molecule has 0 amide bonds. The molecule has 0 bridgehead atoms. The van der Waals surface area contributed by atoms with Crippen molar-refractivity contribution in [3.63, 3.8) is 0 Å². The topological polar surface area (TPSA) is 118 Å². The van der Waals surface area contributed by atoms with Crippen LogP contribution >= 0.6 is 12.4 Å². The highest BCUT2D eigenvalue weighted by Crippen LogP contribution is 2.29. The number of phenols is 1. The van der Waals surface area contributed by atoms with Crippen LogP contribution in [0.15, 0.2) is 42.5 Å². The second-order valence-electron chi connectivity index (χ2n) is 5.28. The number of hydrogen-bond acceptors (Lipinski definition) is 6. The summed E-state index contributed by atoms with van der Waals surface area (Å²) in [5.41, 5.74) is 7.16. The van der Waals surface area contributed by atoms with Gasteiger partial charge in [-0.25, -0.2) is 4.79 Å². The second-order valence-corrected chi connectivity index (χ2v) is 5.28. The molecule has 7 nitrogen and oxygen atoms in total. The molecule has 140 valence electrons. The first-order valence-corrected chi connectivity index (χ1v) is 7.70. The van der Waals surface area contributed by atoms with Gasteiger partial charge in [-0.3, -0.25) is 5.41 Å². The smallest absolute Gasteiger partial charge is 0.332 e. The predicted molar refractivity (Wildman–Crippen MR) is 102 cm³/mol. The van der Waals surface area contributed by atoms with E-state index in [9.17, 15) is 9.90 Å². The number of methoxy groups -OCH3 is 1. The number of ether oxygens (including phenoxy) is 2. The molecule has 0 fully saturated rings. The summed E-state index contributed by atoms with van der Waals surface area (Å²) in [6.07, 6.45) is 0. The summed E-state index contributed by atoms with van der Waals surface area (Å²) in [5, 5.41) is 20.4. The number of esters is 1. The van der Waals surface area contributed by atoms with Crippen LogP contribution in [0, 0.1) is 5.41 Å². The number of benzene rings is 2. The van der Waals surface area contributed by atoms with E-state index in [1.807, 2.05) is 6.92 Å². The van der Waals surface area contributed by atoms with E-state index in [-0.39, 0.29) is 24.0 Å². The van der Waals surface area contributed by atoms with Crippen molar-refractivity contribution in [1.29, 1.82) is 5.41 Å². The Hall–Kier alpha value is -2.93. The zero-order chi connectivity index (χ0) is 18.4. The fourth-order valence-corrected chi connectivity index (χ4v) is 2.33. The predicted octanol–water partition coefficient (Wildman–Crippen LogP) is 2.82. The van der Waals surface area contributed by atoms with Gasteiger partial charge in [-0.2, -0.15) is 0 Å². The van der Waals surface area contributed by atoms with Gasteiger partial charge in [0.2, 0.25) is 0 Å². The second kappa shape index (κ2) is 9.53. The Labute approximate surface area is 158 Å². The summed E-state index contributed by atoms with van der Waals surface area (Å²) in [5.74, 6) is -0.0992. The average molecular weight is 380 g/mol. The van der Waals surface area contributed by atoms with Crippen molar-refractivity contribution < 1.29 is 19.4 Å². The number of aromatic hydroxyl groups is 1. The Morgan fingerprint density at radius 2 is 1.92 bits per heavy atom. The molecule has 0 aromatic heterocycles. The molecule has 8 heteroatoms. The van der Waals surface area contributed by atoms with E-state index in [2.05, 4.69) is 5.32 Å². The van der Waals surface area contributed by atoms with Crippen LogP contribution < -0.4 is 15.8 Å². The molecule has 1 atom stereocenters. The quantitative estimate of drug-likeness (QED) is 0.334. The van der Waals surface area contributed by atoms with Crippen molar-refractivity contribution in [3.8, 4) is 11.5 Å². The van der Waals surface area contributed by atoms with Crippen LogP contribution in [0.3, 0.4) is 0 Å². The third-order valence-electron chi connectivity index (χ3n) is 3.50. The SMILES string of the molecule is CCOc1cc(O)cc(C(Nc2ccc(C(=N)N)cc2)C(=O)OC)c1.Cl. The molecule has 26 heavy (non-hydrogen) atoms. The lowest BCUT2D eigenvalue weighted by atomic mass is 10.1. The van der Waals surface area contributed by atoms with Crippen LogP contribution in [-0.2, 0) is 9.53 Å². The minimum absolute atomic E-state index is 0. The molecule has 0 aliphatic rings. The lowest BCUT2D eigenvalue weighted by Crippen LogP contribution is -2.22. The van der Waals surface area contributed by atoms with Gasteiger partial charge in [0.05, 0.1) is 13.7 Å². The van der Waals surface area contributed by atoms with Crippen LogP contribution in [0.25, 0.3) is 0 Å². The number of nitrogens with one attached hydrogen (secondary N) is 2. The number of halogens is 1. The summed E-state index contributed by atoms with van der Waals surface area (Å²) in [7, 11) is 1.29. The maximum atomic E-state index is 12.2. The molecule has 2 aromatic rings. The summed E-state index contributed by atoms with van der Waals surface area (Å²) in [6.45, 7) is 2.27. The number of carbonyl (C=O) groups excluding carboxylic acids is 1. The van der Waals surface area contributed by atoms with Crippen LogP contribution in [0.4, 0.5) is 5.69 Å². The molecule has 0 saturated carbocycles. The van der Waals surface area contributed by atoms with Gasteiger partial charge in [-0.1, -0.05) is 0 Å². The Morgan fingerprint density at radius 1 is 1.27 bits per heavy atom. The number of rotatable bonds is 7. The summed E-state index contributed by atoms with van der Waals surface area (Å²) in [4.78, 5) is 12.2. The molecular formula is C18H22ClN3O4. The summed E-state index contributed by atoms with van der Waals surface area (Å²) in [6, 6.07) is 10.5. The van der Waals surface area contributed by atoms with Gasteiger partial charge in [-0.15, -0.1) is 12.4 Å². The van der Waals surface area contributed by atoms with Gasteiger partial charge in [-0.05, 0) is 48.9 Å². The lowest BCUT2D eigenvalue weighted by molar-refractivity contribution is -0.141. The molecule has 2 aromatic carbocycles. The van der Waals surface area contributed by atoms with E-state index in [1.165, 1.54) is 19.2 Å². The fraction of sp³-hybridized carbons (Fsp3) is 0.222. The molecule has 0 aliphatic heterocycles. The zero-order valence-electron chi connectivity index (χ0n) is 14.5. The maximum Gasteiger partial charge on any atom is 0.332 e. The third-order valence-corrected chi connectivity index (χ3v) is 3.50. The number of phenolic OH excluding ortho intramolecular Hbond substituents is 1. The normalized spacial score (nSPS) is 11.0. The molecule has 1 unspecified atom stereocenters. The first-order chi connectivity index (χ1) is 11.9. The standard InChI is InChI=1S/C18H21N3O4.ClH/c1-3-25-15-9-12(8-14(22)10-15)16(18(23)24-2)21-13-6-4-11(5-7-13)17(19)20;/h4-10,16,21-22H,3H2,1-2H3,(H3,19,20);1H. The number of anilines is 1. The molecule has 0 heterocycles. The number of hydrogen-bond donors (Lipinski definition) is 4. The Bertz CT molecular complexity index is 766. The minimum atomic E-state index is -0.834. The van der Waals surface area contributed by atoms with E-state index in [0.717, 1.165) is 0 Å². The number of nitrogens with two attached hydrogens (primary N) is 1. The van der Waals surface area contributed by atoms with E-state index >= 15 is 0 Å². The van der Waals surface area contributed by atoms with Gasteiger partial charge < -0.3 is 25.6 Å². The Kier molecular flexibility index (Phi) is 7.74. The van der Waals surface area contributed by atoms with Crippen molar-refractivity contribution in [3.05, 3.63) is 53.6 Å². The van der Waals surface area contributed by atoms with Crippen LogP contribution in [-0.4, -0.2) is 30.6 Å².